The van der Waals surface area contributed by atoms with Gasteiger partial charge in [0.15, 0.2) is 0 Å². The quantitative estimate of drug-likeness (QED) is 0.521. The maximum atomic E-state index is 0. The van der Waals surface area contributed by atoms with E-state index in [4.69, 9.17) is 0 Å². The van der Waals surface area contributed by atoms with Gasteiger partial charge in [-0.3, -0.25) is 0 Å². The monoisotopic (exact) mass is 255 g/mol. The van der Waals surface area contributed by atoms with Crippen molar-refractivity contribution in [2.45, 2.75) is 0 Å². The molecule has 0 aliphatic rings. The van der Waals surface area contributed by atoms with E-state index in [0.717, 1.165) is 0 Å². The van der Waals surface area contributed by atoms with Gasteiger partial charge in [0.05, 0.1) is 0 Å². The van der Waals surface area contributed by atoms with E-state index in [-0.39, 0.29) is 83.0 Å². The molecule has 25 valence electrons. The Bertz CT molecular complexity index is 8.00. The molecule has 0 fully saturated rings. The van der Waals surface area contributed by atoms with E-state index in [1.165, 1.54) is 0 Å². The zero-order valence-corrected chi connectivity index (χ0v) is 6.45. The molecule has 0 saturated heterocycles. The molecular weight excluding hydrogens is 254 g/mol. The van der Waals surface area contributed by atoms with Gasteiger partial charge in [0.1, 0.15) is 0 Å². The molecular formula is H3BrCoMgZr. The Morgan fingerprint density at radius 3 is 1.00 bits per heavy atom. The summed E-state index contributed by atoms with van der Waals surface area (Å²) in [7, 11) is 0. The molecule has 0 rings (SSSR count). The van der Waals surface area contributed by atoms with E-state index in [1.54, 1.807) is 0 Å². The summed E-state index contributed by atoms with van der Waals surface area (Å²) in [6.07, 6.45) is 0. The van der Waals surface area contributed by atoms with Gasteiger partial charge >= 0.3 is 23.1 Å². The molecule has 0 aliphatic heterocycles. The Balaban J connectivity index is 0. The van der Waals surface area contributed by atoms with Gasteiger partial charge < -0.3 is 0 Å². The van der Waals surface area contributed by atoms with Crippen LogP contribution in [0.25, 0.3) is 0 Å². The van der Waals surface area contributed by atoms with Crippen LogP contribution in [0.3, 0.4) is 0 Å². The predicted molar refractivity (Wildman–Crippen MR) is 18.9 cm³/mol. The molecule has 0 N–H and O–H groups in total. The molecule has 0 nitrogen and oxygen atoms in total. The first kappa shape index (κ1) is 30.3. The molecule has 4 heavy (non-hydrogen) atoms. The van der Waals surface area contributed by atoms with Crippen molar-refractivity contribution in [2.24, 2.45) is 0 Å². The second-order valence-electron chi connectivity index (χ2n) is 0. The molecule has 1 radical (unpaired) electrons. The second kappa shape index (κ2) is 17.4. The molecule has 0 saturated carbocycles. The van der Waals surface area contributed by atoms with E-state index in [0.29, 0.717) is 0 Å². The minimum Gasteiger partial charge on any atom is -0.114 e. The van der Waals surface area contributed by atoms with Crippen LogP contribution in [0, 0.1) is 0 Å². The molecule has 0 spiro atoms. The summed E-state index contributed by atoms with van der Waals surface area (Å²) in [6.45, 7) is 0. The van der Waals surface area contributed by atoms with Crippen molar-refractivity contribution in [3.63, 3.8) is 0 Å². The van der Waals surface area contributed by atoms with Crippen LogP contribution in [0.5, 0.6) is 0 Å². The third-order valence-corrected chi connectivity index (χ3v) is 0. The van der Waals surface area contributed by atoms with Crippen LogP contribution in [0.4, 0.5) is 0 Å². The van der Waals surface area contributed by atoms with Crippen LogP contribution in [-0.4, -0.2) is 23.1 Å². The predicted octanol–water partition coefficient (Wildman–Crippen LogP) is -0.343. The van der Waals surface area contributed by atoms with E-state index >= 15 is 0 Å². The summed E-state index contributed by atoms with van der Waals surface area (Å²) in [5, 5.41) is 0. The van der Waals surface area contributed by atoms with Gasteiger partial charge in [-0.2, -0.15) is 0 Å². The zero-order valence-electron chi connectivity index (χ0n) is 1.24. The SMILES string of the molecule is Br.[Co].[MgH2].[Zr]. The molecule has 4 heteroatoms. The Kier molecular flexibility index (Phi) is 132. The Morgan fingerprint density at radius 2 is 1.00 bits per heavy atom. The molecule has 0 bridgehead atoms. The average molecular weight is 257 g/mol. The van der Waals surface area contributed by atoms with Gasteiger partial charge in [0.2, 0.25) is 0 Å². The smallest absolute Gasteiger partial charge is 0.114 e. The third kappa shape index (κ3) is 8.82. The molecule has 0 atom stereocenters. The molecule has 0 heterocycles. The fourth-order valence-corrected chi connectivity index (χ4v) is 0. The van der Waals surface area contributed by atoms with E-state index in [1.807, 2.05) is 0 Å². The van der Waals surface area contributed by atoms with Crippen LogP contribution in [0.2, 0.25) is 0 Å². The Labute approximate surface area is 81.7 Å². The molecule has 0 aromatic heterocycles. The molecule has 0 aromatic rings. The summed E-state index contributed by atoms with van der Waals surface area (Å²) in [4.78, 5) is 0. The first-order valence-electron chi connectivity index (χ1n) is 0. The molecule has 0 amide bonds. The largest absolute Gasteiger partial charge is 0.316 e. The minimum absolute atomic E-state index is 0. The van der Waals surface area contributed by atoms with Crippen molar-refractivity contribution in [1.82, 2.24) is 0 Å². The fraction of sp³-hybridized carbons (Fsp3) is 0. The average Bonchev–Trinajstić information content (AvgIpc) is 0. The number of hydrogen-bond acceptors (Lipinski definition) is 0. The fourth-order valence-electron chi connectivity index (χ4n) is 0. The first-order chi connectivity index (χ1) is 0. The van der Waals surface area contributed by atoms with Gasteiger partial charge in [-0.05, 0) is 0 Å². The number of hydrogen-bond donors (Lipinski definition) is 0. The van der Waals surface area contributed by atoms with Crippen LogP contribution >= 0.6 is 17.0 Å². The minimum atomic E-state index is 0. The van der Waals surface area contributed by atoms with Crippen LogP contribution in [0.15, 0.2) is 0 Å². The van der Waals surface area contributed by atoms with Crippen LogP contribution in [0.1, 0.15) is 0 Å². The summed E-state index contributed by atoms with van der Waals surface area (Å²) in [5.74, 6) is 0. The van der Waals surface area contributed by atoms with Crippen molar-refractivity contribution >= 4 is 40.0 Å². The van der Waals surface area contributed by atoms with E-state index < -0.39 is 0 Å². The van der Waals surface area contributed by atoms with Gasteiger partial charge in [-0.1, -0.05) is 0 Å². The Hall–Kier alpha value is 2.64. The van der Waals surface area contributed by atoms with Gasteiger partial charge in [0, 0.05) is 43.0 Å². The van der Waals surface area contributed by atoms with Crippen molar-refractivity contribution in [3.05, 3.63) is 0 Å². The van der Waals surface area contributed by atoms with E-state index in [2.05, 4.69) is 0 Å². The van der Waals surface area contributed by atoms with Crippen molar-refractivity contribution in [2.75, 3.05) is 0 Å². The van der Waals surface area contributed by atoms with E-state index in [9.17, 15) is 0 Å². The van der Waals surface area contributed by atoms with Crippen LogP contribution < -0.4 is 0 Å². The van der Waals surface area contributed by atoms with Crippen molar-refractivity contribution < 1.29 is 43.0 Å². The second-order valence-corrected chi connectivity index (χ2v) is 0. The number of halogens is 1. The van der Waals surface area contributed by atoms with Crippen molar-refractivity contribution in [1.29, 1.82) is 0 Å². The molecule has 0 aliphatic carbocycles. The molecule has 0 aromatic carbocycles. The number of rotatable bonds is 0. The summed E-state index contributed by atoms with van der Waals surface area (Å²) in [5.41, 5.74) is 0. The van der Waals surface area contributed by atoms with Gasteiger partial charge in [-0.15, -0.1) is 17.0 Å². The van der Waals surface area contributed by atoms with Gasteiger partial charge in [0.25, 0.3) is 0 Å². The topological polar surface area (TPSA) is 0 Å². The normalized spacial score (nSPS) is 0. The molecule has 0 unspecified atom stereocenters. The van der Waals surface area contributed by atoms with Gasteiger partial charge in [-0.25, -0.2) is 0 Å². The maximum absolute atomic E-state index is 0. The summed E-state index contributed by atoms with van der Waals surface area (Å²) in [6, 6.07) is 0. The van der Waals surface area contributed by atoms with Crippen molar-refractivity contribution in [3.8, 4) is 0 Å². The standard InChI is InChI=1S/BrH.Co.Mg.Zr.2H/h1H;;;;;. The maximum Gasteiger partial charge on any atom is 0.316 e. The Morgan fingerprint density at radius 1 is 1.00 bits per heavy atom. The first-order valence-corrected chi connectivity index (χ1v) is 0. The third-order valence-electron chi connectivity index (χ3n) is 0. The zero-order chi connectivity index (χ0) is 0. The van der Waals surface area contributed by atoms with Crippen LogP contribution in [-0.2, 0) is 43.0 Å². The summed E-state index contributed by atoms with van der Waals surface area (Å²) >= 11 is 0. The summed E-state index contributed by atoms with van der Waals surface area (Å²) < 4.78 is 0.